The van der Waals surface area contributed by atoms with Crippen molar-refractivity contribution in [1.82, 2.24) is 5.32 Å². The van der Waals surface area contributed by atoms with Gasteiger partial charge in [0, 0.05) is 10.0 Å². The van der Waals surface area contributed by atoms with Gasteiger partial charge in [0.15, 0.2) is 5.17 Å². The second-order valence-corrected chi connectivity index (χ2v) is 6.36. The maximum Gasteiger partial charge on any atom is 0.157 e. The first-order chi connectivity index (χ1) is 10.2. The van der Waals surface area contributed by atoms with Crippen molar-refractivity contribution in [2.24, 2.45) is 4.99 Å². The van der Waals surface area contributed by atoms with Crippen LogP contribution in [-0.2, 0) is 0 Å². The third-order valence-corrected chi connectivity index (χ3v) is 4.81. The Morgan fingerprint density at radius 1 is 0.955 bits per heavy atom. The Labute approximate surface area is 161 Å². The molecule has 0 saturated carbocycles. The largest absolute Gasteiger partial charge is 0.356 e. The molecule has 116 valence electrons. The van der Waals surface area contributed by atoms with E-state index in [4.69, 9.17) is 28.2 Å². The Morgan fingerprint density at radius 3 is 2.05 bits per heavy atom. The Hall–Kier alpha value is -0.430. The average molecular weight is 465 g/mol. The third-order valence-electron chi connectivity index (χ3n) is 3.51. The topological polar surface area (TPSA) is 24.4 Å². The summed E-state index contributed by atoms with van der Waals surface area (Å²) in [5, 5.41) is 5.82. The summed E-state index contributed by atoms with van der Waals surface area (Å²) < 4.78 is 0. The number of benzene rings is 2. The lowest BCUT2D eigenvalue weighted by molar-refractivity contribution is 0.573. The van der Waals surface area contributed by atoms with E-state index in [1.807, 2.05) is 54.8 Å². The van der Waals surface area contributed by atoms with Gasteiger partial charge in [0.2, 0.25) is 0 Å². The summed E-state index contributed by atoms with van der Waals surface area (Å²) >= 11 is 14.3. The molecule has 3 rings (SSSR count). The molecule has 2 atom stereocenters. The van der Waals surface area contributed by atoms with Gasteiger partial charge in [0.25, 0.3) is 0 Å². The Balaban J connectivity index is 0.00000176. The lowest BCUT2D eigenvalue weighted by Crippen LogP contribution is -2.22. The highest BCUT2D eigenvalue weighted by atomic mass is 127. The molecule has 22 heavy (non-hydrogen) atoms. The molecule has 0 saturated heterocycles. The van der Waals surface area contributed by atoms with Crippen LogP contribution < -0.4 is 5.32 Å². The minimum absolute atomic E-state index is 0. The molecular formula is C16H15Cl2IN2S. The fourth-order valence-electron chi connectivity index (χ4n) is 2.50. The number of amidine groups is 1. The van der Waals surface area contributed by atoms with Crippen LogP contribution in [-0.4, -0.2) is 11.4 Å². The fourth-order valence-corrected chi connectivity index (χ4v) is 3.47. The van der Waals surface area contributed by atoms with E-state index >= 15 is 0 Å². The minimum atomic E-state index is -0.0685. The van der Waals surface area contributed by atoms with Crippen LogP contribution in [0.25, 0.3) is 0 Å². The van der Waals surface area contributed by atoms with Gasteiger partial charge in [-0.05, 0) is 29.5 Å². The number of hydrogen-bond donors (Lipinski definition) is 1. The van der Waals surface area contributed by atoms with Gasteiger partial charge in [-0.1, -0.05) is 71.4 Å². The first kappa shape index (κ1) is 17.9. The van der Waals surface area contributed by atoms with Gasteiger partial charge in [0.05, 0.1) is 6.04 Å². The number of aliphatic imine (C=N–C) groups is 1. The lowest BCUT2D eigenvalue weighted by Gasteiger charge is -2.21. The highest BCUT2D eigenvalue weighted by molar-refractivity contribution is 14.0. The van der Waals surface area contributed by atoms with Gasteiger partial charge < -0.3 is 5.32 Å². The first-order valence-electron chi connectivity index (χ1n) is 6.58. The van der Waals surface area contributed by atoms with Crippen molar-refractivity contribution in [2.45, 2.75) is 12.1 Å². The Morgan fingerprint density at radius 2 is 1.50 bits per heavy atom. The molecule has 1 aliphatic heterocycles. The van der Waals surface area contributed by atoms with Crippen LogP contribution in [0.1, 0.15) is 23.2 Å². The lowest BCUT2D eigenvalue weighted by atomic mass is 9.95. The maximum atomic E-state index is 6.36. The molecule has 0 fully saturated rings. The van der Waals surface area contributed by atoms with Crippen LogP contribution in [0, 0.1) is 0 Å². The number of hydrogen-bond acceptors (Lipinski definition) is 3. The van der Waals surface area contributed by atoms with Crippen LogP contribution in [0.5, 0.6) is 0 Å². The monoisotopic (exact) mass is 464 g/mol. The second-order valence-electron chi connectivity index (χ2n) is 4.75. The summed E-state index contributed by atoms with van der Waals surface area (Å²) in [6.07, 6.45) is 2.00. The van der Waals surface area contributed by atoms with E-state index in [1.54, 1.807) is 11.8 Å². The predicted octanol–water partition coefficient (Wildman–Crippen LogP) is 5.72. The van der Waals surface area contributed by atoms with E-state index in [9.17, 15) is 0 Å². The van der Waals surface area contributed by atoms with Gasteiger partial charge in [-0.25, -0.2) is 0 Å². The van der Waals surface area contributed by atoms with Crippen molar-refractivity contribution in [1.29, 1.82) is 0 Å². The molecule has 2 nitrogen and oxygen atoms in total. The molecule has 1 heterocycles. The van der Waals surface area contributed by atoms with E-state index in [0.29, 0.717) is 0 Å². The van der Waals surface area contributed by atoms with Gasteiger partial charge in [-0.15, -0.1) is 24.0 Å². The molecule has 0 aliphatic carbocycles. The van der Waals surface area contributed by atoms with Gasteiger partial charge >= 0.3 is 0 Å². The molecule has 1 aliphatic rings. The van der Waals surface area contributed by atoms with E-state index in [2.05, 4.69) is 5.32 Å². The third kappa shape index (κ3) is 3.55. The molecule has 0 aromatic heterocycles. The molecule has 2 aromatic rings. The van der Waals surface area contributed by atoms with Crippen LogP contribution in [0.3, 0.4) is 0 Å². The van der Waals surface area contributed by atoms with Crippen molar-refractivity contribution in [3.05, 3.63) is 69.7 Å². The minimum Gasteiger partial charge on any atom is -0.356 e. The Kier molecular flexibility index (Phi) is 6.44. The van der Waals surface area contributed by atoms with Crippen molar-refractivity contribution >= 4 is 64.1 Å². The number of halogens is 3. The number of thioether (sulfide) groups is 1. The van der Waals surface area contributed by atoms with E-state index < -0.39 is 0 Å². The summed E-state index contributed by atoms with van der Waals surface area (Å²) in [7, 11) is 0. The molecule has 0 radical (unpaired) electrons. The quantitative estimate of drug-likeness (QED) is 0.575. The highest BCUT2D eigenvalue weighted by Crippen LogP contribution is 2.41. The number of rotatable bonds is 2. The molecule has 2 aromatic carbocycles. The summed E-state index contributed by atoms with van der Waals surface area (Å²) in [5.41, 5.74) is 2.05. The van der Waals surface area contributed by atoms with Crippen LogP contribution in [0.2, 0.25) is 10.0 Å². The zero-order valence-electron chi connectivity index (χ0n) is 11.8. The van der Waals surface area contributed by atoms with Gasteiger partial charge in [-0.3, -0.25) is 4.99 Å². The molecule has 6 heteroatoms. The Bertz CT molecular complexity index is 693. The zero-order valence-corrected chi connectivity index (χ0v) is 16.5. The van der Waals surface area contributed by atoms with E-state index in [1.165, 1.54) is 0 Å². The molecule has 0 unspecified atom stereocenters. The maximum absolute atomic E-state index is 6.36. The summed E-state index contributed by atoms with van der Waals surface area (Å²) in [6, 6.07) is 15.6. The summed E-state index contributed by atoms with van der Waals surface area (Å²) in [5.74, 6) is 0. The van der Waals surface area contributed by atoms with Crippen LogP contribution in [0.15, 0.2) is 53.5 Å². The van der Waals surface area contributed by atoms with Crippen molar-refractivity contribution in [2.75, 3.05) is 6.26 Å². The molecule has 0 spiro atoms. The predicted molar refractivity (Wildman–Crippen MR) is 108 cm³/mol. The molecule has 1 N–H and O–H groups in total. The SMILES string of the molecule is CSC1=N[C@@H](c2ccccc2Cl)[C@@H](c2ccccc2Cl)N1.I. The molecule has 0 bridgehead atoms. The standard InChI is InChI=1S/C16H14Cl2N2S.HI/c1-21-16-19-14(10-6-2-4-8-12(10)17)15(20-16)11-7-3-5-9-13(11)18;/h2-9,14-15H,1H3,(H,19,20);1H/t14-,15+;. The fraction of sp³-hybridized carbons (Fsp3) is 0.188. The molecule has 0 amide bonds. The summed E-state index contributed by atoms with van der Waals surface area (Å²) in [6.45, 7) is 0. The van der Waals surface area contributed by atoms with Gasteiger partial charge in [-0.2, -0.15) is 0 Å². The van der Waals surface area contributed by atoms with Crippen molar-refractivity contribution in [3.8, 4) is 0 Å². The molecular weight excluding hydrogens is 450 g/mol. The number of nitrogens with one attached hydrogen (secondary N) is 1. The summed E-state index contributed by atoms with van der Waals surface area (Å²) in [4.78, 5) is 4.76. The van der Waals surface area contributed by atoms with E-state index in [-0.39, 0.29) is 36.1 Å². The zero-order chi connectivity index (χ0) is 14.8. The second kappa shape index (κ2) is 7.90. The number of nitrogens with zero attached hydrogens (tertiary/aromatic N) is 1. The van der Waals surface area contributed by atoms with E-state index in [0.717, 1.165) is 26.3 Å². The first-order valence-corrected chi connectivity index (χ1v) is 8.56. The average Bonchev–Trinajstić information content (AvgIpc) is 2.92. The normalized spacial score (nSPS) is 20.0. The smallest absolute Gasteiger partial charge is 0.157 e. The highest BCUT2D eigenvalue weighted by Gasteiger charge is 2.33. The van der Waals surface area contributed by atoms with Crippen molar-refractivity contribution < 1.29 is 0 Å². The van der Waals surface area contributed by atoms with Crippen molar-refractivity contribution in [3.63, 3.8) is 0 Å². The van der Waals surface area contributed by atoms with Gasteiger partial charge in [0.1, 0.15) is 6.04 Å². The van der Waals surface area contributed by atoms with Crippen LogP contribution in [0.4, 0.5) is 0 Å². The van der Waals surface area contributed by atoms with Crippen LogP contribution >= 0.6 is 58.9 Å².